The van der Waals surface area contributed by atoms with Gasteiger partial charge in [0, 0.05) is 24.5 Å². The van der Waals surface area contributed by atoms with E-state index in [1.807, 2.05) is 13.0 Å². The Morgan fingerprint density at radius 2 is 1.88 bits per heavy atom. The maximum Gasteiger partial charge on any atom is 0.269 e. The van der Waals surface area contributed by atoms with E-state index in [0.29, 0.717) is 41.6 Å². The summed E-state index contributed by atoms with van der Waals surface area (Å²) in [5.41, 5.74) is 15.8. The number of phenolic OH excluding ortho intramolecular Hbond substituents is 1. The molecule has 166 valence electrons. The standard InChI is InChI=1S/C24H26N4O4/c1-13-6-7-19(29)14(2)21(13)16-12-18(28-23(22(16)25)24(26)30)17-4-3-5-20(27-17)32-15-8-10-31-11-9-15/h3-7,12,15,29H,8-11,25H2,1-2H3,(H2,26,30). The molecule has 32 heavy (non-hydrogen) atoms. The van der Waals surface area contributed by atoms with Crippen molar-refractivity contribution in [1.29, 1.82) is 0 Å². The maximum atomic E-state index is 12.1. The Balaban J connectivity index is 1.82. The van der Waals surface area contributed by atoms with Gasteiger partial charge in [-0.25, -0.2) is 9.97 Å². The fourth-order valence-electron chi connectivity index (χ4n) is 3.92. The van der Waals surface area contributed by atoms with Crippen molar-refractivity contribution in [3.8, 4) is 34.1 Å². The van der Waals surface area contributed by atoms with E-state index in [-0.39, 0.29) is 23.2 Å². The van der Waals surface area contributed by atoms with E-state index in [2.05, 4.69) is 9.97 Å². The Labute approximate surface area is 186 Å². The lowest BCUT2D eigenvalue weighted by molar-refractivity contribution is 0.0238. The summed E-state index contributed by atoms with van der Waals surface area (Å²) in [6, 6.07) is 10.6. The SMILES string of the molecule is Cc1ccc(O)c(C)c1-c1cc(-c2cccc(OC3CCOCC3)n2)nc(C(N)=O)c1N. The van der Waals surface area contributed by atoms with E-state index in [1.54, 1.807) is 37.3 Å². The molecule has 4 rings (SSSR count). The van der Waals surface area contributed by atoms with Crippen molar-refractivity contribution in [2.75, 3.05) is 18.9 Å². The van der Waals surface area contributed by atoms with Gasteiger partial charge in [-0.2, -0.15) is 0 Å². The molecule has 8 nitrogen and oxygen atoms in total. The normalized spacial score (nSPS) is 14.3. The number of aromatic nitrogens is 2. The lowest BCUT2D eigenvalue weighted by atomic mass is 9.93. The molecule has 2 aromatic heterocycles. The zero-order valence-corrected chi connectivity index (χ0v) is 18.1. The Morgan fingerprint density at radius 1 is 1.12 bits per heavy atom. The number of phenols is 1. The van der Waals surface area contributed by atoms with Crippen LogP contribution in [0.5, 0.6) is 11.6 Å². The van der Waals surface area contributed by atoms with E-state index in [9.17, 15) is 9.90 Å². The summed E-state index contributed by atoms with van der Waals surface area (Å²) in [5, 5.41) is 10.2. The number of anilines is 1. The summed E-state index contributed by atoms with van der Waals surface area (Å²) in [5.74, 6) is -0.135. The van der Waals surface area contributed by atoms with Crippen LogP contribution in [-0.4, -0.2) is 40.3 Å². The second-order valence-electron chi connectivity index (χ2n) is 7.87. The number of aryl methyl sites for hydroxylation is 1. The number of aromatic hydroxyl groups is 1. The molecule has 8 heteroatoms. The zero-order chi connectivity index (χ0) is 22.8. The van der Waals surface area contributed by atoms with E-state index < -0.39 is 5.91 Å². The summed E-state index contributed by atoms with van der Waals surface area (Å²) >= 11 is 0. The molecule has 3 heterocycles. The van der Waals surface area contributed by atoms with Gasteiger partial charge in [0.25, 0.3) is 5.91 Å². The zero-order valence-electron chi connectivity index (χ0n) is 18.1. The van der Waals surface area contributed by atoms with Crippen molar-refractivity contribution in [1.82, 2.24) is 9.97 Å². The van der Waals surface area contributed by atoms with Crippen LogP contribution in [0.15, 0.2) is 36.4 Å². The summed E-state index contributed by atoms with van der Waals surface area (Å²) in [7, 11) is 0. The predicted molar refractivity (Wildman–Crippen MR) is 121 cm³/mol. The van der Waals surface area contributed by atoms with Gasteiger partial charge in [-0.05, 0) is 48.7 Å². The Kier molecular flexibility index (Phi) is 5.96. The third kappa shape index (κ3) is 4.22. The number of nitrogen functional groups attached to an aromatic ring is 1. The topological polar surface area (TPSA) is 134 Å². The number of nitrogens with two attached hydrogens (primary N) is 2. The van der Waals surface area contributed by atoms with E-state index in [0.717, 1.165) is 24.0 Å². The number of hydrogen-bond donors (Lipinski definition) is 3. The van der Waals surface area contributed by atoms with Crippen molar-refractivity contribution in [2.24, 2.45) is 5.73 Å². The molecule has 0 unspecified atom stereocenters. The molecule has 1 amide bonds. The third-order valence-corrected chi connectivity index (χ3v) is 5.65. The highest BCUT2D eigenvalue weighted by Crippen LogP contribution is 2.38. The van der Waals surface area contributed by atoms with Gasteiger partial charge in [0.05, 0.1) is 30.3 Å². The molecular weight excluding hydrogens is 408 g/mol. The summed E-state index contributed by atoms with van der Waals surface area (Å²) in [4.78, 5) is 21.1. The average Bonchev–Trinajstić information content (AvgIpc) is 2.78. The minimum Gasteiger partial charge on any atom is -0.508 e. The van der Waals surface area contributed by atoms with Crippen LogP contribution >= 0.6 is 0 Å². The van der Waals surface area contributed by atoms with Crippen LogP contribution in [-0.2, 0) is 4.74 Å². The summed E-state index contributed by atoms with van der Waals surface area (Å²) in [6.07, 6.45) is 1.65. The van der Waals surface area contributed by atoms with Crippen molar-refractivity contribution in [2.45, 2.75) is 32.8 Å². The largest absolute Gasteiger partial charge is 0.508 e. The Morgan fingerprint density at radius 3 is 2.59 bits per heavy atom. The summed E-state index contributed by atoms with van der Waals surface area (Å²) in [6.45, 7) is 5.03. The number of hydrogen-bond acceptors (Lipinski definition) is 7. The van der Waals surface area contributed by atoms with Gasteiger partial charge in [-0.3, -0.25) is 4.79 Å². The molecule has 0 spiro atoms. The van der Waals surface area contributed by atoms with Gasteiger partial charge in [-0.15, -0.1) is 0 Å². The molecule has 0 radical (unpaired) electrons. The molecule has 0 aliphatic carbocycles. The van der Waals surface area contributed by atoms with Crippen LogP contribution < -0.4 is 16.2 Å². The van der Waals surface area contributed by atoms with Gasteiger partial charge >= 0.3 is 0 Å². The third-order valence-electron chi connectivity index (χ3n) is 5.65. The Bertz CT molecular complexity index is 1170. The van der Waals surface area contributed by atoms with Crippen LogP contribution in [0.1, 0.15) is 34.5 Å². The van der Waals surface area contributed by atoms with E-state index >= 15 is 0 Å². The van der Waals surface area contributed by atoms with Crippen LogP contribution in [0.25, 0.3) is 22.5 Å². The second kappa shape index (κ2) is 8.84. The van der Waals surface area contributed by atoms with Crippen molar-refractivity contribution in [3.63, 3.8) is 0 Å². The molecule has 0 atom stereocenters. The maximum absolute atomic E-state index is 12.1. The molecule has 1 aliphatic rings. The highest BCUT2D eigenvalue weighted by Gasteiger charge is 2.21. The van der Waals surface area contributed by atoms with Gasteiger partial charge in [0.15, 0.2) is 5.69 Å². The average molecular weight is 434 g/mol. The number of ether oxygens (including phenoxy) is 2. The number of carbonyl (C=O) groups excluding carboxylic acids is 1. The number of primary amides is 1. The second-order valence-corrected chi connectivity index (χ2v) is 7.87. The highest BCUT2D eigenvalue weighted by atomic mass is 16.5. The van der Waals surface area contributed by atoms with E-state index in [4.69, 9.17) is 20.9 Å². The Hall–Kier alpha value is -3.65. The number of rotatable bonds is 5. The molecule has 1 aromatic carbocycles. The smallest absolute Gasteiger partial charge is 0.269 e. The van der Waals surface area contributed by atoms with Crippen LogP contribution in [0, 0.1) is 13.8 Å². The molecule has 1 fully saturated rings. The van der Waals surface area contributed by atoms with Gasteiger partial charge < -0.3 is 26.0 Å². The predicted octanol–water partition coefficient (Wildman–Crippen LogP) is 3.37. The lowest BCUT2D eigenvalue weighted by Crippen LogP contribution is -2.26. The molecule has 1 aliphatic heterocycles. The number of carbonyl (C=O) groups is 1. The first-order valence-electron chi connectivity index (χ1n) is 10.5. The quantitative estimate of drug-likeness (QED) is 0.560. The molecule has 1 saturated heterocycles. The number of pyridine rings is 2. The van der Waals surface area contributed by atoms with Gasteiger partial charge in [0.1, 0.15) is 11.9 Å². The molecule has 5 N–H and O–H groups in total. The fourth-order valence-corrected chi connectivity index (χ4v) is 3.92. The number of nitrogens with zero attached hydrogens (tertiary/aromatic N) is 2. The van der Waals surface area contributed by atoms with Crippen molar-refractivity contribution < 1.29 is 19.4 Å². The van der Waals surface area contributed by atoms with Crippen LogP contribution in [0.3, 0.4) is 0 Å². The number of amides is 1. The van der Waals surface area contributed by atoms with Crippen LogP contribution in [0.4, 0.5) is 5.69 Å². The molecule has 0 saturated carbocycles. The van der Waals surface area contributed by atoms with Gasteiger partial charge in [-0.1, -0.05) is 12.1 Å². The lowest BCUT2D eigenvalue weighted by Gasteiger charge is -2.22. The minimum absolute atomic E-state index is 0.0419. The summed E-state index contributed by atoms with van der Waals surface area (Å²) < 4.78 is 11.4. The first kappa shape index (κ1) is 21.6. The minimum atomic E-state index is -0.740. The fraction of sp³-hybridized carbons (Fsp3) is 0.292. The monoisotopic (exact) mass is 434 g/mol. The van der Waals surface area contributed by atoms with Crippen molar-refractivity contribution in [3.05, 3.63) is 53.2 Å². The molecular formula is C24H26N4O4. The first-order chi connectivity index (χ1) is 15.3. The first-order valence-corrected chi connectivity index (χ1v) is 10.5. The highest BCUT2D eigenvalue weighted by molar-refractivity contribution is 6.01. The van der Waals surface area contributed by atoms with Crippen molar-refractivity contribution >= 4 is 11.6 Å². The van der Waals surface area contributed by atoms with E-state index in [1.165, 1.54) is 0 Å². The molecule has 3 aromatic rings. The molecule has 0 bridgehead atoms. The number of benzene rings is 1. The van der Waals surface area contributed by atoms with Crippen LogP contribution in [0.2, 0.25) is 0 Å². The van der Waals surface area contributed by atoms with Gasteiger partial charge in [0.2, 0.25) is 5.88 Å².